The molecule has 112 valence electrons. The minimum atomic E-state index is -0.0551. The fourth-order valence-electron chi connectivity index (χ4n) is 2.89. The molecule has 4 heteroatoms. The summed E-state index contributed by atoms with van der Waals surface area (Å²) >= 11 is 0. The van der Waals surface area contributed by atoms with E-state index in [1.807, 2.05) is 0 Å². The average molecular weight is 285 g/mol. The van der Waals surface area contributed by atoms with Crippen LogP contribution in [0.4, 0.5) is 0 Å². The third-order valence-corrected chi connectivity index (χ3v) is 4.09. The number of amides is 1. The summed E-state index contributed by atoms with van der Waals surface area (Å²) in [6.07, 6.45) is 9.06. The second-order valence-corrected chi connectivity index (χ2v) is 5.54. The Kier molecular flexibility index (Phi) is 5.77. The first-order valence-corrected chi connectivity index (χ1v) is 7.68. The second kappa shape index (κ2) is 7.80. The molecule has 4 nitrogen and oxygen atoms in total. The van der Waals surface area contributed by atoms with Gasteiger partial charge in [0.25, 0.3) is 5.91 Å². The molecule has 0 aromatic carbocycles. The molecule has 1 fully saturated rings. The Bertz CT molecular complexity index is 544. The van der Waals surface area contributed by atoms with Crippen molar-refractivity contribution >= 4 is 5.91 Å². The van der Waals surface area contributed by atoms with Gasteiger partial charge in [-0.25, -0.2) is 0 Å². The number of pyridine rings is 1. The van der Waals surface area contributed by atoms with Gasteiger partial charge in [-0.15, -0.1) is 0 Å². The van der Waals surface area contributed by atoms with Crippen molar-refractivity contribution in [3.63, 3.8) is 0 Å². The monoisotopic (exact) mass is 285 g/mol. The van der Waals surface area contributed by atoms with Crippen molar-refractivity contribution in [1.29, 1.82) is 0 Å². The van der Waals surface area contributed by atoms with E-state index in [9.17, 15) is 4.79 Å². The molecule has 1 aromatic rings. The van der Waals surface area contributed by atoms with Gasteiger partial charge in [0.2, 0.25) is 0 Å². The zero-order valence-electron chi connectivity index (χ0n) is 12.6. The number of nitrogens with zero attached hydrogens (tertiary/aromatic N) is 1. The fraction of sp³-hybridized carbons (Fsp3) is 0.529. The molecule has 2 unspecified atom stereocenters. The normalized spacial score (nSPS) is 21.2. The van der Waals surface area contributed by atoms with Crippen molar-refractivity contribution in [3.05, 3.63) is 29.6 Å². The maximum Gasteiger partial charge on any atom is 0.252 e. The van der Waals surface area contributed by atoms with Crippen molar-refractivity contribution in [1.82, 2.24) is 10.3 Å². The molecule has 1 heterocycles. The molecule has 1 aliphatic rings. The summed E-state index contributed by atoms with van der Waals surface area (Å²) in [5.74, 6) is 6.37. The molecule has 0 radical (unpaired) electrons. The summed E-state index contributed by atoms with van der Waals surface area (Å²) in [4.78, 5) is 16.5. The highest BCUT2D eigenvalue weighted by Gasteiger charge is 2.23. The molecule has 0 aliphatic heterocycles. The molecule has 0 spiro atoms. The Labute approximate surface area is 126 Å². The molecule has 1 amide bonds. The molecule has 21 heavy (non-hydrogen) atoms. The van der Waals surface area contributed by atoms with E-state index in [1.54, 1.807) is 18.5 Å². The Hall–Kier alpha value is -1.86. The third kappa shape index (κ3) is 4.30. The number of rotatable bonds is 3. The van der Waals surface area contributed by atoms with E-state index in [0.29, 0.717) is 11.1 Å². The molecule has 1 aliphatic carbocycles. The number of hydrogen-bond donors (Lipinski definition) is 2. The molecule has 0 bridgehead atoms. The number of nitrogens with two attached hydrogens (primary N) is 1. The van der Waals surface area contributed by atoms with Crippen molar-refractivity contribution < 1.29 is 4.79 Å². The van der Waals surface area contributed by atoms with Crippen LogP contribution >= 0.6 is 0 Å². The lowest BCUT2D eigenvalue weighted by molar-refractivity contribution is 0.0919. The smallest absolute Gasteiger partial charge is 0.252 e. The Morgan fingerprint density at radius 1 is 1.52 bits per heavy atom. The summed E-state index contributed by atoms with van der Waals surface area (Å²) < 4.78 is 0. The van der Waals surface area contributed by atoms with Crippen LogP contribution in [0.1, 0.15) is 54.9 Å². The van der Waals surface area contributed by atoms with Crippen LogP contribution in [-0.4, -0.2) is 23.5 Å². The summed E-state index contributed by atoms with van der Waals surface area (Å²) in [6.45, 7) is 2.50. The lowest BCUT2D eigenvalue weighted by Crippen LogP contribution is -2.38. The number of carbonyl (C=O) groups excluding carboxylic acids is 1. The molecule has 3 N–H and O–H groups in total. The molecule has 2 rings (SSSR count). The van der Waals surface area contributed by atoms with Crippen LogP contribution in [0.15, 0.2) is 18.5 Å². The molecule has 1 aromatic heterocycles. The zero-order valence-corrected chi connectivity index (χ0v) is 12.6. The average Bonchev–Trinajstić information content (AvgIpc) is 2.53. The first-order chi connectivity index (χ1) is 10.2. The minimum Gasteiger partial charge on any atom is -0.349 e. The minimum absolute atomic E-state index is 0.0551. The van der Waals surface area contributed by atoms with E-state index >= 15 is 0 Å². The Morgan fingerprint density at radius 3 is 3.14 bits per heavy atom. The Balaban J connectivity index is 2.06. The van der Waals surface area contributed by atoms with Gasteiger partial charge >= 0.3 is 0 Å². The number of nitrogens with one attached hydrogen (secondary N) is 1. The van der Waals surface area contributed by atoms with E-state index < -0.39 is 0 Å². The summed E-state index contributed by atoms with van der Waals surface area (Å²) in [5, 5.41) is 3.15. The van der Waals surface area contributed by atoms with Crippen LogP contribution in [0.2, 0.25) is 0 Å². The SMILES string of the molecule is CCC1CCCC(NC(=O)c2ccncc2C#CCN)C1. The molecule has 0 saturated heterocycles. The predicted molar refractivity (Wildman–Crippen MR) is 83.7 cm³/mol. The topological polar surface area (TPSA) is 68.0 Å². The Morgan fingerprint density at radius 2 is 2.38 bits per heavy atom. The summed E-state index contributed by atoms with van der Waals surface area (Å²) in [6, 6.07) is 2.00. The lowest BCUT2D eigenvalue weighted by Gasteiger charge is -2.29. The third-order valence-electron chi connectivity index (χ3n) is 4.09. The van der Waals surface area contributed by atoms with Gasteiger partial charge < -0.3 is 11.1 Å². The molecule has 1 saturated carbocycles. The van der Waals surface area contributed by atoms with Crippen LogP contribution in [0.3, 0.4) is 0 Å². The van der Waals surface area contributed by atoms with Crippen LogP contribution in [0, 0.1) is 17.8 Å². The molecular formula is C17H23N3O. The largest absolute Gasteiger partial charge is 0.349 e. The highest BCUT2D eigenvalue weighted by molar-refractivity contribution is 5.96. The van der Waals surface area contributed by atoms with Gasteiger partial charge in [-0.1, -0.05) is 38.0 Å². The maximum absolute atomic E-state index is 12.5. The number of hydrogen-bond acceptors (Lipinski definition) is 3. The molecule has 2 atom stereocenters. The highest BCUT2D eigenvalue weighted by atomic mass is 16.1. The summed E-state index contributed by atoms with van der Waals surface area (Å²) in [7, 11) is 0. The maximum atomic E-state index is 12.5. The van der Waals surface area contributed by atoms with Gasteiger partial charge in [0.15, 0.2) is 0 Å². The predicted octanol–water partition coefficient (Wildman–Crippen LogP) is 2.09. The van der Waals surface area contributed by atoms with E-state index in [1.165, 1.54) is 19.3 Å². The summed E-state index contributed by atoms with van der Waals surface area (Å²) in [5.41, 5.74) is 6.62. The lowest BCUT2D eigenvalue weighted by atomic mass is 9.84. The zero-order chi connectivity index (χ0) is 15.1. The van der Waals surface area contributed by atoms with Gasteiger partial charge in [0.1, 0.15) is 0 Å². The van der Waals surface area contributed by atoms with E-state index in [4.69, 9.17) is 5.73 Å². The quantitative estimate of drug-likeness (QED) is 0.836. The second-order valence-electron chi connectivity index (χ2n) is 5.54. The van der Waals surface area contributed by atoms with Crippen LogP contribution in [0.5, 0.6) is 0 Å². The number of carbonyl (C=O) groups is 1. The van der Waals surface area contributed by atoms with Gasteiger partial charge in [0.05, 0.1) is 17.7 Å². The van der Waals surface area contributed by atoms with Gasteiger partial charge in [0, 0.05) is 18.4 Å². The van der Waals surface area contributed by atoms with Gasteiger partial charge in [-0.3, -0.25) is 9.78 Å². The fourth-order valence-corrected chi connectivity index (χ4v) is 2.89. The highest BCUT2D eigenvalue weighted by Crippen LogP contribution is 2.26. The van der Waals surface area contributed by atoms with E-state index in [-0.39, 0.29) is 18.5 Å². The van der Waals surface area contributed by atoms with Crippen LogP contribution in [-0.2, 0) is 0 Å². The first kappa shape index (κ1) is 15.5. The van der Waals surface area contributed by atoms with Crippen molar-refractivity contribution in [2.24, 2.45) is 11.7 Å². The number of aromatic nitrogens is 1. The van der Waals surface area contributed by atoms with Crippen molar-refractivity contribution in [3.8, 4) is 11.8 Å². The van der Waals surface area contributed by atoms with Gasteiger partial charge in [-0.2, -0.15) is 0 Å². The van der Waals surface area contributed by atoms with Crippen molar-refractivity contribution in [2.75, 3.05) is 6.54 Å². The standard InChI is InChI=1S/C17H23N3O/c1-2-13-5-3-7-15(11-13)20-17(21)16-8-10-19-12-14(16)6-4-9-18/h8,10,12-13,15H,2-3,5,7,9,11,18H2,1H3,(H,20,21). The van der Waals surface area contributed by atoms with Gasteiger partial charge in [-0.05, 0) is 24.8 Å². The van der Waals surface area contributed by atoms with E-state index in [0.717, 1.165) is 18.8 Å². The van der Waals surface area contributed by atoms with Crippen LogP contribution < -0.4 is 11.1 Å². The first-order valence-electron chi connectivity index (χ1n) is 7.68. The van der Waals surface area contributed by atoms with Crippen molar-refractivity contribution in [2.45, 2.75) is 45.1 Å². The van der Waals surface area contributed by atoms with E-state index in [2.05, 4.69) is 29.1 Å². The van der Waals surface area contributed by atoms with Crippen LogP contribution in [0.25, 0.3) is 0 Å². The molecular weight excluding hydrogens is 262 g/mol.